The van der Waals surface area contributed by atoms with Gasteiger partial charge in [-0.1, -0.05) is 55.5 Å². The molecule has 35 heavy (non-hydrogen) atoms. The first-order valence-corrected chi connectivity index (χ1v) is 12.0. The van der Waals surface area contributed by atoms with Crippen LogP contribution in [0, 0.1) is 18.2 Å². The molecule has 1 aliphatic heterocycles. The Kier molecular flexibility index (Phi) is 7.31. The van der Waals surface area contributed by atoms with Gasteiger partial charge in [0.1, 0.15) is 5.82 Å². The third kappa shape index (κ3) is 5.95. The van der Waals surface area contributed by atoms with Gasteiger partial charge >= 0.3 is 6.03 Å². The van der Waals surface area contributed by atoms with E-state index in [1.165, 1.54) is 40.5 Å². The van der Waals surface area contributed by atoms with Crippen molar-refractivity contribution in [3.05, 3.63) is 89.7 Å². The maximum absolute atomic E-state index is 13.4. The van der Waals surface area contributed by atoms with Crippen LogP contribution in [-0.4, -0.2) is 29.4 Å². The number of amides is 3. The number of likely N-dealkylation sites (tertiary alicyclic amines) is 1. The van der Waals surface area contributed by atoms with Gasteiger partial charge in [-0.3, -0.25) is 15.0 Å². The highest BCUT2D eigenvalue weighted by atomic mass is 19.1. The molecule has 3 amide bonds. The minimum atomic E-state index is -0.655. The molecule has 182 valence electrons. The van der Waals surface area contributed by atoms with E-state index in [1.807, 2.05) is 6.92 Å². The fourth-order valence-corrected chi connectivity index (χ4v) is 4.89. The first-order valence-electron chi connectivity index (χ1n) is 12.0. The normalized spacial score (nSPS) is 20.3. The van der Waals surface area contributed by atoms with E-state index in [9.17, 15) is 14.0 Å². The summed E-state index contributed by atoms with van der Waals surface area (Å²) in [5, 5.41) is 4.97. The standard InChI is InChI=1S/C29H32FN3O2/c1-20-8-4-5-13-26(20)23-10-6-9-22(16-23)19-33-15-14-29(3,18-21(33)2)27(34)32-28(35)31-25-12-7-11-24(30)17-25/h4-13,16-17,21H,14-15,18-19H2,1-3H3,(H2,31,32,34,35)/t21-,29-/m0/s1. The summed E-state index contributed by atoms with van der Waals surface area (Å²) in [6.45, 7) is 7.72. The minimum Gasteiger partial charge on any atom is -0.308 e. The first-order chi connectivity index (χ1) is 16.7. The van der Waals surface area contributed by atoms with Crippen molar-refractivity contribution in [2.45, 2.75) is 46.2 Å². The van der Waals surface area contributed by atoms with E-state index in [4.69, 9.17) is 0 Å². The zero-order chi connectivity index (χ0) is 25.0. The Balaban J connectivity index is 1.36. The third-order valence-electron chi connectivity index (χ3n) is 6.95. The number of carbonyl (C=O) groups excluding carboxylic acids is 2. The summed E-state index contributed by atoms with van der Waals surface area (Å²) in [5.41, 5.74) is 4.58. The van der Waals surface area contributed by atoms with Crippen molar-refractivity contribution < 1.29 is 14.0 Å². The van der Waals surface area contributed by atoms with E-state index < -0.39 is 17.3 Å². The van der Waals surface area contributed by atoms with Crippen molar-refractivity contribution in [2.24, 2.45) is 5.41 Å². The second kappa shape index (κ2) is 10.4. The van der Waals surface area contributed by atoms with E-state index in [0.29, 0.717) is 18.5 Å². The average molecular weight is 474 g/mol. The smallest absolute Gasteiger partial charge is 0.308 e. The number of urea groups is 1. The van der Waals surface area contributed by atoms with Crippen LogP contribution in [0.3, 0.4) is 0 Å². The second-order valence-electron chi connectivity index (χ2n) is 9.77. The summed E-state index contributed by atoms with van der Waals surface area (Å²) in [7, 11) is 0. The lowest BCUT2D eigenvalue weighted by Crippen LogP contribution is -2.52. The Morgan fingerprint density at radius 3 is 2.57 bits per heavy atom. The number of nitrogens with zero attached hydrogens (tertiary/aromatic N) is 1. The zero-order valence-electron chi connectivity index (χ0n) is 20.5. The molecule has 0 spiro atoms. The first kappa shape index (κ1) is 24.6. The molecule has 1 saturated heterocycles. The van der Waals surface area contributed by atoms with E-state index in [0.717, 1.165) is 13.1 Å². The quantitative estimate of drug-likeness (QED) is 0.468. The molecule has 1 fully saturated rings. The van der Waals surface area contributed by atoms with Crippen molar-refractivity contribution >= 4 is 17.6 Å². The fraction of sp³-hybridized carbons (Fsp3) is 0.310. The lowest BCUT2D eigenvalue weighted by Gasteiger charge is -2.42. The number of rotatable bonds is 5. The van der Waals surface area contributed by atoms with Crippen LogP contribution in [0.1, 0.15) is 37.8 Å². The highest BCUT2D eigenvalue weighted by Gasteiger charge is 2.40. The fourth-order valence-electron chi connectivity index (χ4n) is 4.89. The average Bonchev–Trinajstić information content (AvgIpc) is 2.81. The molecule has 0 aromatic heterocycles. The lowest BCUT2D eigenvalue weighted by molar-refractivity contribution is -0.132. The van der Waals surface area contributed by atoms with Crippen molar-refractivity contribution in [1.29, 1.82) is 0 Å². The summed E-state index contributed by atoms with van der Waals surface area (Å²) in [4.78, 5) is 27.7. The topological polar surface area (TPSA) is 61.4 Å². The van der Waals surface area contributed by atoms with Crippen LogP contribution in [0.2, 0.25) is 0 Å². The van der Waals surface area contributed by atoms with Crippen molar-refractivity contribution in [3.63, 3.8) is 0 Å². The van der Waals surface area contributed by atoms with Gasteiger partial charge in [0, 0.05) is 23.7 Å². The SMILES string of the molecule is Cc1ccccc1-c1cccc(CN2CC[C@](C)(C(=O)NC(=O)Nc3cccc(F)c3)C[C@@H]2C)c1. The summed E-state index contributed by atoms with van der Waals surface area (Å²) >= 11 is 0. The number of aryl methyl sites for hydroxylation is 1. The van der Waals surface area contributed by atoms with Crippen molar-refractivity contribution in [1.82, 2.24) is 10.2 Å². The van der Waals surface area contributed by atoms with E-state index in [2.05, 4.69) is 77.9 Å². The number of benzene rings is 3. The van der Waals surface area contributed by atoms with Crippen LogP contribution < -0.4 is 10.6 Å². The molecule has 0 bridgehead atoms. The molecule has 4 rings (SSSR count). The Labute approximate surface area is 206 Å². The van der Waals surface area contributed by atoms with Crippen LogP contribution in [0.25, 0.3) is 11.1 Å². The van der Waals surface area contributed by atoms with Gasteiger partial charge in [-0.05, 0) is 79.8 Å². The molecule has 3 aromatic carbocycles. The largest absolute Gasteiger partial charge is 0.325 e. The van der Waals surface area contributed by atoms with E-state index >= 15 is 0 Å². The molecule has 6 heteroatoms. The van der Waals surface area contributed by atoms with Gasteiger partial charge in [-0.25, -0.2) is 9.18 Å². The van der Waals surface area contributed by atoms with E-state index in [1.54, 1.807) is 6.07 Å². The molecular formula is C29H32FN3O2. The molecule has 2 N–H and O–H groups in total. The number of halogens is 1. The van der Waals surface area contributed by atoms with Gasteiger partial charge in [0.15, 0.2) is 0 Å². The summed E-state index contributed by atoms with van der Waals surface area (Å²) in [6.07, 6.45) is 1.29. The second-order valence-corrected chi connectivity index (χ2v) is 9.77. The van der Waals surface area contributed by atoms with Crippen LogP contribution in [0.5, 0.6) is 0 Å². The van der Waals surface area contributed by atoms with Gasteiger partial charge in [-0.2, -0.15) is 0 Å². The predicted octanol–water partition coefficient (Wildman–Crippen LogP) is 6.14. The molecule has 0 radical (unpaired) electrons. The summed E-state index contributed by atoms with van der Waals surface area (Å²) in [5.74, 6) is -0.758. The Bertz CT molecular complexity index is 1230. The number of anilines is 1. The van der Waals surface area contributed by atoms with Crippen LogP contribution in [0.15, 0.2) is 72.8 Å². The van der Waals surface area contributed by atoms with E-state index in [-0.39, 0.29) is 11.9 Å². The minimum absolute atomic E-state index is 0.174. The molecule has 0 saturated carbocycles. The van der Waals surface area contributed by atoms with Gasteiger partial charge < -0.3 is 5.32 Å². The van der Waals surface area contributed by atoms with Crippen molar-refractivity contribution in [2.75, 3.05) is 11.9 Å². The molecule has 0 aliphatic carbocycles. The van der Waals surface area contributed by atoms with Gasteiger partial charge in [-0.15, -0.1) is 0 Å². The molecule has 1 heterocycles. The molecule has 2 atom stereocenters. The highest BCUT2D eigenvalue weighted by molar-refractivity contribution is 6.03. The summed E-state index contributed by atoms with van der Waals surface area (Å²) in [6, 6.07) is 22.1. The number of nitrogens with one attached hydrogen (secondary N) is 2. The van der Waals surface area contributed by atoms with Gasteiger partial charge in [0.25, 0.3) is 0 Å². The molecule has 1 aliphatic rings. The Hall–Kier alpha value is -3.51. The third-order valence-corrected chi connectivity index (χ3v) is 6.95. The lowest BCUT2D eigenvalue weighted by atomic mass is 9.76. The maximum Gasteiger partial charge on any atom is 0.325 e. The summed E-state index contributed by atoms with van der Waals surface area (Å²) < 4.78 is 13.4. The number of carbonyl (C=O) groups is 2. The number of imide groups is 1. The van der Waals surface area contributed by atoms with Crippen molar-refractivity contribution in [3.8, 4) is 11.1 Å². The predicted molar refractivity (Wildman–Crippen MR) is 137 cm³/mol. The number of hydrogen-bond acceptors (Lipinski definition) is 3. The Morgan fingerprint density at radius 2 is 1.83 bits per heavy atom. The Morgan fingerprint density at radius 1 is 1.06 bits per heavy atom. The van der Waals surface area contributed by atoms with Gasteiger partial charge in [0.2, 0.25) is 5.91 Å². The maximum atomic E-state index is 13.4. The molecule has 0 unspecified atom stereocenters. The van der Waals surface area contributed by atoms with Crippen LogP contribution in [0.4, 0.5) is 14.9 Å². The van der Waals surface area contributed by atoms with Gasteiger partial charge in [0.05, 0.1) is 0 Å². The molecule has 5 nitrogen and oxygen atoms in total. The highest BCUT2D eigenvalue weighted by Crippen LogP contribution is 2.35. The zero-order valence-corrected chi connectivity index (χ0v) is 20.5. The number of piperidine rings is 1. The van der Waals surface area contributed by atoms with Crippen LogP contribution in [-0.2, 0) is 11.3 Å². The molecular weight excluding hydrogens is 441 g/mol. The monoisotopic (exact) mass is 473 g/mol. The number of hydrogen-bond donors (Lipinski definition) is 2. The molecule has 3 aromatic rings. The van der Waals surface area contributed by atoms with Crippen LogP contribution >= 0.6 is 0 Å².